The predicted octanol–water partition coefficient (Wildman–Crippen LogP) is 2.85. The third kappa shape index (κ3) is 2.89. The van der Waals surface area contributed by atoms with Gasteiger partial charge in [-0.1, -0.05) is 45.7 Å². The summed E-state index contributed by atoms with van der Waals surface area (Å²) in [5, 5.41) is 4.95. The molecule has 0 fully saturated rings. The third-order valence-corrected chi connectivity index (χ3v) is 3.75. The summed E-state index contributed by atoms with van der Waals surface area (Å²) >= 11 is 9.75. The van der Waals surface area contributed by atoms with Crippen molar-refractivity contribution in [1.82, 2.24) is 9.78 Å². The molecule has 0 amide bonds. The lowest BCUT2D eigenvalue weighted by molar-refractivity contribution is 0.685. The number of nitrogens with two attached hydrogens (primary N) is 1. The first-order valence-corrected chi connectivity index (χ1v) is 6.53. The molecule has 0 saturated heterocycles. The van der Waals surface area contributed by atoms with E-state index >= 15 is 0 Å². The molecule has 1 aromatic carbocycles. The van der Waals surface area contributed by atoms with E-state index in [0.717, 1.165) is 22.0 Å². The Hall–Kier alpha value is -0.840. The molecule has 0 unspecified atom stereocenters. The van der Waals surface area contributed by atoms with Crippen LogP contribution in [0.15, 0.2) is 34.9 Å². The maximum atomic E-state index is 6.23. The standard InChI is InChI=1S/C12H13BrClN3/c13-11-4-2-1-3-10(11)8-17-12(14)9(5-6-15)7-16-17/h1-4,7H,5-6,8,15H2. The molecule has 90 valence electrons. The predicted molar refractivity (Wildman–Crippen MR) is 73.2 cm³/mol. The van der Waals surface area contributed by atoms with Crippen LogP contribution in [0.3, 0.4) is 0 Å². The molecule has 17 heavy (non-hydrogen) atoms. The van der Waals surface area contributed by atoms with Crippen molar-refractivity contribution in [3.05, 3.63) is 51.2 Å². The van der Waals surface area contributed by atoms with E-state index in [1.54, 1.807) is 10.9 Å². The van der Waals surface area contributed by atoms with E-state index < -0.39 is 0 Å². The minimum atomic E-state index is 0.584. The van der Waals surface area contributed by atoms with Crippen LogP contribution in [0.1, 0.15) is 11.1 Å². The molecule has 0 bridgehead atoms. The zero-order valence-corrected chi connectivity index (χ0v) is 11.6. The van der Waals surface area contributed by atoms with E-state index in [4.69, 9.17) is 17.3 Å². The molecule has 1 heterocycles. The number of aromatic nitrogens is 2. The molecule has 0 saturated carbocycles. The Labute approximate surface area is 114 Å². The van der Waals surface area contributed by atoms with Gasteiger partial charge in [0, 0.05) is 10.0 Å². The van der Waals surface area contributed by atoms with E-state index in [1.165, 1.54) is 0 Å². The molecule has 0 aliphatic carbocycles. The van der Waals surface area contributed by atoms with Gasteiger partial charge in [0.2, 0.25) is 0 Å². The lowest BCUT2D eigenvalue weighted by Crippen LogP contribution is -2.04. The lowest BCUT2D eigenvalue weighted by atomic mass is 10.2. The molecule has 0 spiro atoms. The Morgan fingerprint density at radius 2 is 2.06 bits per heavy atom. The van der Waals surface area contributed by atoms with Crippen molar-refractivity contribution in [3.63, 3.8) is 0 Å². The Balaban J connectivity index is 2.22. The van der Waals surface area contributed by atoms with Gasteiger partial charge in [-0.05, 0) is 24.6 Å². The van der Waals surface area contributed by atoms with E-state index in [1.807, 2.05) is 24.3 Å². The normalized spacial score (nSPS) is 10.8. The summed E-state index contributed by atoms with van der Waals surface area (Å²) in [6, 6.07) is 8.04. The number of nitrogens with zero attached hydrogens (tertiary/aromatic N) is 2. The fourth-order valence-electron chi connectivity index (χ4n) is 1.63. The SMILES string of the molecule is NCCc1cnn(Cc2ccccc2Br)c1Cl. The van der Waals surface area contributed by atoms with Crippen molar-refractivity contribution >= 4 is 27.5 Å². The smallest absolute Gasteiger partial charge is 0.130 e. The van der Waals surface area contributed by atoms with Gasteiger partial charge in [0.15, 0.2) is 0 Å². The molecular formula is C12H13BrClN3. The van der Waals surface area contributed by atoms with Crippen molar-refractivity contribution in [2.45, 2.75) is 13.0 Å². The van der Waals surface area contributed by atoms with Gasteiger partial charge in [0.05, 0.1) is 12.7 Å². The molecule has 2 rings (SSSR count). The van der Waals surface area contributed by atoms with Crippen LogP contribution < -0.4 is 5.73 Å². The van der Waals surface area contributed by atoms with Crippen molar-refractivity contribution < 1.29 is 0 Å². The van der Waals surface area contributed by atoms with Gasteiger partial charge in [-0.2, -0.15) is 5.10 Å². The molecule has 2 N–H and O–H groups in total. The van der Waals surface area contributed by atoms with Gasteiger partial charge in [-0.25, -0.2) is 4.68 Å². The third-order valence-electron chi connectivity index (χ3n) is 2.54. The van der Waals surface area contributed by atoms with E-state index in [2.05, 4.69) is 21.0 Å². The van der Waals surface area contributed by atoms with Crippen LogP contribution in [0.5, 0.6) is 0 Å². The van der Waals surface area contributed by atoms with Gasteiger partial charge >= 0.3 is 0 Å². The van der Waals surface area contributed by atoms with Crippen LogP contribution in [-0.2, 0) is 13.0 Å². The highest BCUT2D eigenvalue weighted by molar-refractivity contribution is 9.10. The fraction of sp³-hybridized carbons (Fsp3) is 0.250. The first-order chi connectivity index (χ1) is 8.22. The average molecular weight is 315 g/mol. The summed E-state index contributed by atoms with van der Waals surface area (Å²) in [6.45, 7) is 1.24. The summed E-state index contributed by atoms with van der Waals surface area (Å²) < 4.78 is 2.85. The summed E-state index contributed by atoms with van der Waals surface area (Å²) in [7, 11) is 0. The van der Waals surface area contributed by atoms with Crippen LogP contribution in [-0.4, -0.2) is 16.3 Å². The Bertz CT molecular complexity index is 510. The number of halogens is 2. The highest BCUT2D eigenvalue weighted by Gasteiger charge is 2.09. The molecule has 0 radical (unpaired) electrons. The largest absolute Gasteiger partial charge is 0.330 e. The molecule has 0 aliphatic heterocycles. The molecule has 3 nitrogen and oxygen atoms in total. The zero-order chi connectivity index (χ0) is 12.3. The van der Waals surface area contributed by atoms with Gasteiger partial charge in [0.25, 0.3) is 0 Å². The van der Waals surface area contributed by atoms with Gasteiger partial charge in [-0.15, -0.1) is 0 Å². The topological polar surface area (TPSA) is 43.8 Å². The quantitative estimate of drug-likeness (QED) is 0.943. The van der Waals surface area contributed by atoms with E-state index in [-0.39, 0.29) is 0 Å². The summed E-state index contributed by atoms with van der Waals surface area (Å²) in [5.74, 6) is 0. The minimum absolute atomic E-state index is 0.584. The van der Waals surface area contributed by atoms with Crippen LogP contribution >= 0.6 is 27.5 Å². The zero-order valence-electron chi connectivity index (χ0n) is 9.24. The maximum absolute atomic E-state index is 6.23. The van der Waals surface area contributed by atoms with Crippen molar-refractivity contribution in [2.75, 3.05) is 6.54 Å². The van der Waals surface area contributed by atoms with Crippen LogP contribution in [0.4, 0.5) is 0 Å². The van der Waals surface area contributed by atoms with E-state index in [0.29, 0.717) is 18.2 Å². The number of benzene rings is 1. The summed E-state index contributed by atoms with van der Waals surface area (Å²) in [6.07, 6.45) is 2.54. The van der Waals surface area contributed by atoms with Crippen LogP contribution in [0.2, 0.25) is 5.15 Å². The second kappa shape index (κ2) is 5.67. The number of hydrogen-bond donors (Lipinski definition) is 1. The first kappa shape index (κ1) is 12.6. The molecule has 2 aromatic rings. The monoisotopic (exact) mass is 313 g/mol. The van der Waals surface area contributed by atoms with Gasteiger partial charge in [-0.3, -0.25) is 0 Å². The average Bonchev–Trinajstić information content (AvgIpc) is 2.65. The van der Waals surface area contributed by atoms with Crippen molar-refractivity contribution in [3.8, 4) is 0 Å². The second-order valence-electron chi connectivity index (χ2n) is 3.75. The fourth-order valence-corrected chi connectivity index (χ4v) is 2.29. The molecule has 1 aromatic heterocycles. The molecular weight excluding hydrogens is 302 g/mol. The first-order valence-electron chi connectivity index (χ1n) is 5.36. The number of rotatable bonds is 4. The maximum Gasteiger partial charge on any atom is 0.130 e. The molecule has 0 atom stereocenters. The minimum Gasteiger partial charge on any atom is -0.330 e. The lowest BCUT2D eigenvalue weighted by Gasteiger charge is -2.06. The van der Waals surface area contributed by atoms with Crippen LogP contribution in [0.25, 0.3) is 0 Å². The Kier molecular flexibility index (Phi) is 4.20. The molecule has 0 aliphatic rings. The van der Waals surface area contributed by atoms with Crippen molar-refractivity contribution in [1.29, 1.82) is 0 Å². The van der Waals surface area contributed by atoms with Crippen LogP contribution in [0, 0.1) is 0 Å². The summed E-state index contributed by atoms with van der Waals surface area (Å²) in [5.41, 5.74) is 7.66. The van der Waals surface area contributed by atoms with E-state index in [9.17, 15) is 0 Å². The highest BCUT2D eigenvalue weighted by Crippen LogP contribution is 2.21. The number of hydrogen-bond acceptors (Lipinski definition) is 2. The van der Waals surface area contributed by atoms with Gasteiger partial charge in [0.1, 0.15) is 5.15 Å². The Morgan fingerprint density at radius 3 is 2.76 bits per heavy atom. The Morgan fingerprint density at radius 1 is 1.29 bits per heavy atom. The van der Waals surface area contributed by atoms with Gasteiger partial charge < -0.3 is 5.73 Å². The second-order valence-corrected chi connectivity index (χ2v) is 4.96. The summed E-state index contributed by atoms with van der Waals surface area (Å²) in [4.78, 5) is 0. The van der Waals surface area contributed by atoms with Crippen molar-refractivity contribution in [2.24, 2.45) is 5.73 Å². The molecule has 5 heteroatoms. The highest BCUT2D eigenvalue weighted by atomic mass is 79.9.